The molecule has 0 atom stereocenters. The zero-order valence-corrected chi connectivity index (χ0v) is 23.9. The predicted molar refractivity (Wildman–Crippen MR) is 188 cm³/mol. The van der Waals surface area contributed by atoms with Crippen LogP contribution in [0.5, 0.6) is 11.5 Å². The Hall–Kier alpha value is -5.07. The van der Waals surface area contributed by atoms with E-state index in [0.29, 0.717) is 15.5 Å². The SMILES string of the molecule is [B]c1cc(-n2c3ccccc3c3c4c5cccc6c7ccccc7n(c4ccc32)c65)c2sc3c([B])c(O)c([B])c(O)c3c2c1. The fraction of sp³-hybridized carbons (Fsp3) is 0. The van der Waals surface area contributed by atoms with Gasteiger partial charge in [0.1, 0.15) is 35.0 Å². The van der Waals surface area contributed by atoms with Crippen molar-refractivity contribution in [2.24, 2.45) is 0 Å². The second-order valence-electron chi connectivity index (χ2n) is 11.5. The summed E-state index contributed by atoms with van der Waals surface area (Å²) in [5.41, 5.74) is 7.07. The normalized spacial score (nSPS) is 12.5. The predicted octanol–water partition coefficient (Wildman–Crippen LogP) is 6.09. The number of nitrogens with zero attached hydrogens (tertiary/aromatic N) is 2. The summed E-state index contributed by atoms with van der Waals surface area (Å²) in [6.45, 7) is 0. The Labute approximate surface area is 257 Å². The number of para-hydroxylation sites is 3. The van der Waals surface area contributed by atoms with Crippen LogP contribution in [0.4, 0.5) is 0 Å². The lowest BCUT2D eigenvalue weighted by Crippen LogP contribution is -2.15. The fourth-order valence-electron chi connectivity index (χ4n) is 7.53. The van der Waals surface area contributed by atoms with E-state index in [1.807, 2.05) is 18.2 Å². The number of hydrogen-bond acceptors (Lipinski definition) is 3. The molecular formula is C36H17B3N2O2S. The van der Waals surface area contributed by atoms with Gasteiger partial charge in [-0.1, -0.05) is 66.1 Å². The molecule has 0 fully saturated rings. The molecule has 4 aromatic heterocycles. The molecule has 0 saturated heterocycles. The summed E-state index contributed by atoms with van der Waals surface area (Å²) in [6, 6.07) is 31.8. The first-order valence-corrected chi connectivity index (χ1v) is 15.1. The third kappa shape index (κ3) is 2.74. The Balaban J connectivity index is 1.43. The number of phenolic OH excluding ortho intramolecular Hbond substituents is 2. The van der Waals surface area contributed by atoms with Crippen molar-refractivity contribution in [3.63, 3.8) is 0 Å². The maximum Gasteiger partial charge on any atom is 0.124 e. The van der Waals surface area contributed by atoms with Gasteiger partial charge in [0.25, 0.3) is 0 Å². The van der Waals surface area contributed by atoms with Crippen molar-refractivity contribution in [3.8, 4) is 17.2 Å². The van der Waals surface area contributed by atoms with Gasteiger partial charge in [0, 0.05) is 47.8 Å². The number of thiophene rings is 1. The van der Waals surface area contributed by atoms with Gasteiger partial charge in [-0.25, -0.2) is 0 Å². The smallest absolute Gasteiger partial charge is 0.124 e. The topological polar surface area (TPSA) is 49.8 Å². The summed E-state index contributed by atoms with van der Waals surface area (Å²) >= 11 is 1.41. The van der Waals surface area contributed by atoms with Crippen molar-refractivity contribution >= 4 is 131 Å². The van der Waals surface area contributed by atoms with Gasteiger partial charge in [-0.05, 0) is 41.3 Å². The molecule has 10 aromatic rings. The van der Waals surface area contributed by atoms with Crippen LogP contribution in [0.25, 0.3) is 85.8 Å². The molecule has 0 aliphatic heterocycles. The number of aromatic nitrogens is 2. The molecule has 6 radical (unpaired) electrons. The molecular weight excluding hydrogens is 557 g/mol. The second-order valence-corrected chi connectivity index (χ2v) is 12.5. The van der Waals surface area contributed by atoms with E-state index in [0.717, 1.165) is 37.7 Å². The summed E-state index contributed by atoms with van der Waals surface area (Å²) in [4.78, 5) is 0. The minimum absolute atomic E-state index is 0.142. The molecule has 6 aromatic carbocycles. The number of rotatable bonds is 1. The second kappa shape index (κ2) is 8.10. The Morgan fingerprint density at radius 1 is 0.523 bits per heavy atom. The first-order valence-electron chi connectivity index (χ1n) is 14.3. The minimum Gasteiger partial charge on any atom is -0.509 e. The molecule has 4 nitrogen and oxygen atoms in total. The van der Waals surface area contributed by atoms with Gasteiger partial charge < -0.3 is 19.2 Å². The van der Waals surface area contributed by atoms with Crippen LogP contribution in [0, 0.1) is 0 Å². The summed E-state index contributed by atoms with van der Waals surface area (Å²) in [7, 11) is 18.9. The molecule has 0 amide bonds. The number of phenols is 2. The molecule has 44 heavy (non-hydrogen) atoms. The fourth-order valence-corrected chi connectivity index (χ4v) is 8.78. The van der Waals surface area contributed by atoms with Gasteiger partial charge in [-0.2, -0.15) is 0 Å². The van der Waals surface area contributed by atoms with Crippen LogP contribution in [-0.4, -0.2) is 42.7 Å². The van der Waals surface area contributed by atoms with Gasteiger partial charge in [0.2, 0.25) is 0 Å². The van der Waals surface area contributed by atoms with Crippen molar-refractivity contribution in [2.75, 3.05) is 0 Å². The Bertz CT molecular complexity index is 2900. The minimum atomic E-state index is -0.311. The van der Waals surface area contributed by atoms with Crippen molar-refractivity contribution in [2.45, 2.75) is 0 Å². The van der Waals surface area contributed by atoms with Crippen molar-refractivity contribution in [1.82, 2.24) is 8.97 Å². The molecule has 0 unspecified atom stereocenters. The van der Waals surface area contributed by atoms with Gasteiger partial charge >= 0.3 is 0 Å². The highest BCUT2D eigenvalue weighted by atomic mass is 32.1. The standard InChI is InChI=1S/C36H17B3N2O2S/c37-16-14-21-29-33(42)30(38)34(43)31(39)36(29)44-35(21)26(15-16)40-23-11-4-2-7-19(23)27-24(40)12-13-25-28(27)20-9-5-8-18-17-6-1-3-10-22(17)41(25)32(18)20/h1-15,42-43H. The Kier molecular flexibility index (Phi) is 4.49. The van der Waals surface area contributed by atoms with Crippen LogP contribution in [0.1, 0.15) is 0 Å². The number of aromatic hydroxyl groups is 2. The summed E-state index contributed by atoms with van der Waals surface area (Å²) < 4.78 is 6.09. The third-order valence-electron chi connectivity index (χ3n) is 9.30. The number of hydrogen-bond donors (Lipinski definition) is 2. The van der Waals surface area contributed by atoms with Crippen LogP contribution < -0.4 is 16.4 Å². The number of fused-ring (bicyclic) bond motifs is 13. The molecule has 0 saturated carbocycles. The van der Waals surface area contributed by atoms with Crippen LogP contribution in [0.15, 0.2) is 91.0 Å². The monoisotopic (exact) mass is 574 g/mol. The molecule has 2 N–H and O–H groups in total. The lowest BCUT2D eigenvalue weighted by molar-refractivity contribution is 0.466. The largest absolute Gasteiger partial charge is 0.509 e. The Morgan fingerprint density at radius 3 is 2.05 bits per heavy atom. The summed E-state index contributed by atoms with van der Waals surface area (Å²) in [6.07, 6.45) is 0. The van der Waals surface area contributed by atoms with Gasteiger partial charge in [-0.3, -0.25) is 0 Å². The van der Waals surface area contributed by atoms with Gasteiger partial charge in [0.15, 0.2) is 0 Å². The lowest BCUT2D eigenvalue weighted by atomic mass is 9.82. The quantitative estimate of drug-likeness (QED) is 0.233. The average molecular weight is 574 g/mol. The Morgan fingerprint density at radius 2 is 1.20 bits per heavy atom. The van der Waals surface area contributed by atoms with E-state index >= 15 is 0 Å². The maximum absolute atomic E-state index is 11.0. The van der Waals surface area contributed by atoms with Crippen molar-refractivity contribution in [1.29, 1.82) is 0 Å². The van der Waals surface area contributed by atoms with E-state index < -0.39 is 0 Å². The molecule has 8 heteroatoms. The van der Waals surface area contributed by atoms with Crippen LogP contribution in [0.2, 0.25) is 0 Å². The van der Waals surface area contributed by atoms with E-state index in [4.69, 9.17) is 23.5 Å². The van der Waals surface area contributed by atoms with Crippen LogP contribution >= 0.6 is 11.3 Å². The molecule has 0 bridgehead atoms. The highest BCUT2D eigenvalue weighted by Crippen LogP contribution is 2.47. The molecule has 10 rings (SSSR count). The van der Waals surface area contributed by atoms with E-state index in [2.05, 4.69) is 81.8 Å². The van der Waals surface area contributed by atoms with Crippen LogP contribution in [-0.2, 0) is 0 Å². The average Bonchev–Trinajstić information content (AvgIpc) is 3.78. The number of benzene rings is 6. The van der Waals surface area contributed by atoms with Gasteiger partial charge in [-0.15, -0.1) is 11.3 Å². The third-order valence-corrected chi connectivity index (χ3v) is 10.6. The highest BCUT2D eigenvalue weighted by molar-refractivity contribution is 7.27. The zero-order valence-electron chi connectivity index (χ0n) is 23.1. The van der Waals surface area contributed by atoms with Crippen molar-refractivity contribution < 1.29 is 10.2 Å². The van der Waals surface area contributed by atoms with Crippen LogP contribution in [0.3, 0.4) is 0 Å². The van der Waals surface area contributed by atoms with E-state index in [1.54, 1.807) is 0 Å². The van der Waals surface area contributed by atoms with Crippen molar-refractivity contribution in [3.05, 3.63) is 91.0 Å². The highest BCUT2D eigenvalue weighted by Gasteiger charge is 2.24. The molecule has 0 spiro atoms. The first-order chi connectivity index (χ1) is 21.4. The zero-order chi connectivity index (χ0) is 29.6. The van der Waals surface area contributed by atoms with E-state index in [1.165, 1.54) is 49.3 Å². The molecule has 0 aliphatic carbocycles. The summed E-state index contributed by atoms with van der Waals surface area (Å²) in [5, 5.41) is 30.0. The first kappa shape index (κ1) is 24.4. The molecule has 4 heterocycles. The molecule has 198 valence electrons. The lowest BCUT2D eigenvalue weighted by Gasteiger charge is -2.12. The van der Waals surface area contributed by atoms with E-state index in [-0.39, 0.29) is 22.4 Å². The summed E-state index contributed by atoms with van der Waals surface area (Å²) in [5.74, 6) is -0.508. The van der Waals surface area contributed by atoms with Gasteiger partial charge in [0.05, 0.1) is 38.0 Å². The maximum atomic E-state index is 11.0. The van der Waals surface area contributed by atoms with E-state index in [9.17, 15) is 10.2 Å². The molecule has 0 aliphatic rings.